The van der Waals surface area contributed by atoms with Gasteiger partial charge in [-0.3, -0.25) is 0 Å². The minimum Gasteiger partial charge on any atom is -0.472 e. The van der Waals surface area contributed by atoms with E-state index in [1.165, 1.54) is 10.5 Å². The third kappa shape index (κ3) is 1.03. The van der Waals surface area contributed by atoms with Crippen LogP contribution in [0.5, 0.6) is 0 Å². The molecule has 1 N–H and O–H groups in total. The molecule has 0 aromatic heterocycles. The molecule has 14 heavy (non-hydrogen) atoms. The lowest BCUT2D eigenvalue weighted by Crippen LogP contribution is -2.34. The Morgan fingerprint density at radius 1 is 1.21 bits per heavy atom. The highest BCUT2D eigenvalue weighted by atomic mass is 32.2. The Morgan fingerprint density at radius 2 is 2.14 bits per heavy atom. The number of nitrogens with one attached hydrogen (secondary N) is 1. The van der Waals surface area contributed by atoms with Crippen LogP contribution in [0.15, 0.2) is 53.7 Å². The highest BCUT2D eigenvalue weighted by Gasteiger charge is 2.38. The molecular formula is C11H9NOS. The lowest BCUT2D eigenvalue weighted by Gasteiger charge is -2.27. The normalized spacial score (nSPS) is 27.7. The van der Waals surface area contributed by atoms with Crippen LogP contribution in [0.2, 0.25) is 0 Å². The van der Waals surface area contributed by atoms with Crippen molar-refractivity contribution in [3.8, 4) is 0 Å². The average Bonchev–Trinajstić information content (AvgIpc) is 2.60. The van der Waals surface area contributed by atoms with Crippen LogP contribution < -0.4 is 4.72 Å². The van der Waals surface area contributed by atoms with Gasteiger partial charge in [-0.2, -0.15) is 0 Å². The van der Waals surface area contributed by atoms with Crippen LogP contribution in [-0.2, 0) is 10.5 Å². The molecule has 0 radical (unpaired) electrons. The molecule has 70 valence electrons. The minimum absolute atomic E-state index is 0.448. The van der Waals surface area contributed by atoms with Crippen molar-refractivity contribution >= 4 is 11.9 Å². The molecular weight excluding hydrogens is 194 g/mol. The lowest BCUT2D eigenvalue weighted by molar-refractivity contribution is 0.0564. The SMILES string of the molecule is C1=COC2(C=C1)NSc1ccccc12. The third-order valence-electron chi connectivity index (χ3n) is 2.37. The maximum Gasteiger partial charge on any atom is 0.216 e. The zero-order valence-corrected chi connectivity index (χ0v) is 8.25. The van der Waals surface area contributed by atoms with Crippen molar-refractivity contribution in [2.45, 2.75) is 10.6 Å². The Labute approximate surface area is 86.8 Å². The maximum atomic E-state index is 5.65. The second kappa shape index (κ2) is 2.90. The van der Waals surface area contributed by atoms with Crippen molar-refractivity contribution in [2.75, 3.05) is 0 Å². The van der Waals surface area contributed by atoms with Crippen molar-refractivity contribution in [1.82, 2.24) is 4.72 Å². The van der Waals surface area contributed by atoms with Gasteiger partial charge in [0.25, 0.3) is 0 Å². The topological polar surface area (TPSA) is 21.3 Å². The molecule has 2 nitrogen and oxygen atoms in total. The van der Waals surface area contributed by atoms with E-state index in [1.54, 1.807) is 18.2 Å². The van der Waals surface area contributed by atoms with Crippen molar-refractivity contribution in [3.05, 3.63) is 54.3 Å². The van der Waals surface area contributed by atoms with Gasteiger partial charge in [-0.1, -0.05) is 24.3 Å². The molecule has 0 amide bonds. The fourth-order valence-electron chi connectivity index (χ4n) is 1.68. The fourth-order valence-corrected chi connectivity index (χ4v) is 2.65. The van der Waals surface area contributed by atoms with Gasteiger partial charge in [0.2, 0.25) is 5.72 Å². The summed E-state index contributed by atoms with van der Waals surface area (Å²) in [5.41, 5.74) is 0.737. The summed E-state index contributed by atoms with van der Waals surface area (Å²) in [6.45, 7) is 0. The van der Waals surface area contributed by atoms with Gasteiger partial charge in [0.1, 0.15) is 0 Å². The van der Waals surface area contributed by atoms with Gasteiger partial charge < -0.3 is 4.74 Å². The Hall–Kier alpha value is -1.19. The van der Waals surface area contributed by atoms with Crippen molar-refractivity contribution < 1.29 is 4.74 Å². The Kier molecular flexibility index (Phi) is 1.69. The van der Waals surface area contributed by atoms with Gasteiger partial charge in [-0.05, 0) is 30.2 Å². The van der Waals surface area contributed by atoms with Crippen molar-refractivity contribution in [2.24, 2.45) is 0 Å². The largest absolute Gasteiger partial charge is 0.472 e. The predicted molar refractivity (Wildman–Crippen MR) is 56.5 cm³/mol. The molecule has 1 atom stereocenters. The molecule has 0 saturated carbocycles. The Morgan fingerprint density at radius 3 is 3.00 bits per heavy atom. The molecule has 1 aromatic carbocycles. The number of fused-ring (bicyclic) bond motifs is 2. The van der Waals surface area contributed by atoms with E-state index in [2.05, 4.69) is 16.9 Å². The van der Waals surface area contributed by atoms with Crippen LogP contribution in [-0.4, -0.2) is 0 Å². The Bertz CT molecular complexity index is 427. The molecule has 1 unspecified atom stereocenters. The number of hydrogen-bond donors (Lipinski definition) is 1. The number of hydrogen-bond acceptors (Lipinski definition) is 3. The lowest BCUT2D eigenvalue weighted by atomic mass is 10.0. The van der Waals surface area contributed by atoms with Crippen LogP contribution in [0, 0.1) is 0 Å². The first kappa shape index (κ1) is 8.15. The summed E-state index contributed by atoms with van der Waals surface area (Å²) < 4.78 is 8.95. The molecule has 0 aliphatic carbocycles. The Balaban J connectivity index is 2.13. The van der Waals surface area contributed by atoms with Crippen LogP contribution in [0.1, 0.15) is 5.56 Å². The standard InChI is InChI=1S/C11H9NOS/c1-2-6-10-9(5-1)11(12-14-10)7-3-4-8-13-11/h1-8,12H. The van der Waals surface area contributed by atoms with E-state index in [0.29, 0.717) is 0 Å². The van der Waals surface area contributed by atoms with Gasteiger partial charge in [-0.25, -0.2) is 4.72 Å². The van der Waals surface area contributed by atoms with Gasteiger partial charge in [-0.15, -0.1) is 0 Å². The van der Waals surface area contributed by atoms with E-state index in [4.69, 9.17) is 4.74 Å². The molecule has 0 bridgehead atoms. The van der Waals surface area contributed by atoms with Crippen LogP contribution in [0.4, 0.5) is 0 Å². The zero-order valence-electron chi connectivity index (χ0n) is 7.44. The highest BCUT2D eigenvalue weighted by Crippen LogP contribution is 2.41. The zero-order chi connectivity index (χ0) is 9.43. The molecule has 2 heterocycles. The molecule has 0 fully saturated rings. The number of ether oxygens (including phenoxy) is 1. The molecule has 3 heteroatoms. The quantitative estimate of drug-likeness (QED) is 0.655. The second-order valence-electron chi connectivity index (χ2n) is 3.24. The van der Waals surface area contributed by atoms with Gasteiger partial charge in [0, 0.05) is 10.5 Å². The smallest absolute Gasteiger partial charge is 0.216 e. The number of rotatable bonds is 0. The van der Waals surface area contributed by atoms with E-state index in [-0.39, 0.29) is 0 Å². The van der Waals surface area contributed by atoms with Gasteiger partial charge in [0.05, 0.1) is 6.26 Å². The monoisotopic (exact) mass is 203 g/mol. The first-order valence-electron chi connectivity index (χ1n) is 4.46. The second-order valence-corrected chi connectivity index (χ2v) is 4.09. The van der Waals surface area contributed by atoms with E-state index in [9.17, 15) is 0 Å². The summed E-state index contributed by atoms with van der Waals surface area (Å²) in [6.07, 6.45) is 7.64. The molecule has 2 aliphatic rings. The summed E-state index contributed by atoms with van der Waals surface area (Å²) in [5, 5.41) is 0. The fraction of sp³-hybridized carbons (Fsp3) is 0.0909. The number of allylic oxidation sites excluding steroid dienone is 2. The van der Waals surface area contributed by atoms with E-state index in [1.807, 2.05) is 30.4 Å². The summed E-state index contributed by atoms with van der Waals surface area (Å²) in [4.78, 5) is 1.23. The number of benzene rings is 1. The van der Waals surface area contributed by atoms with E-state index in [0.717, 1.165) is 0 Å². The van der Waals surface area contributed by atoms with E-state index < -0.39 is 5.72 Å². The molecule has 1 spiro atoms. The van der Waals surface area contributed by atoms with Crippen molar-refractivity contribution in [1.29, 1.82) is 0 Å². The summed E-state index contributed by atoms with van der Waals surface area (Å²) >= 11 is 1.61. The first-order valence-corrected chi connectivity index (χ1v) is 5.28. The molecule has 3 rings (SSSR count). The van der Waals surface area contributed by atoms with E-state index >= 15 is 0 Å². The molecule has 2 aliphatic heterocycles. The van der Waals surface area contributed by atoms with Gasteiger partial charge >= 0.3 is 0 Å². The van der Waals surface area contributed by atoms with Gasteiger partial charge in [0.15, 0.2) is 0 Å². The summed E-state index contributed by atoms with van der Waals surface area (Å²) in [6, 6.07) is 8.25. The van der Waals surface area contributed by atoms with Crippen LogP contribution >= 0.6 is 11.9 Å². The summed E-state index contributed by atoms with van der Waals surface area (Å²) in [5.74, 6) is 0. The molecule has 0 saturated heterocycles. The molecule has 1 aromatic rings. The van der Waals surface area contributed by atoms with Crippen LogP contribution in [0.25, 0.3) is 0 Å². The highest BCUT2D eigenvalue weighted by molar-refractivity contribution is 7.97. The first-order chi connectivity index (χ1) is 6.91. The predicted octanol–water partition coefficient (Wildman–Crippen LogP) is 2.55. The average molecular weight is 203 g/mol. The van der Waals surface area contributed by atoms with Crippen LogP contribution in [0.3, 0.4) is 0 Å². The minimum atomic E-state index is -0.448. The third-order valence-corrected chi connectivity index (χ3v) is 3.36. The maximum absolute atomic E-state index is 5.65. The van der Waals surface area contributed by atoms with Crippen molar-refractivity contribution in [3.63, 3.8) is 0 Å². The summed E-state index contributed by atoms with van der Waals surface area (Å²) in [7, 11) is 0.